The smallest absolute Gasteiger partial charge is 0.230 e. The van der Waals surface area contributed by atoms with E-state index in [1.54, 1.807) is 12.4 Å². The molecule has 1 atom stereocenters. The Bertz CT molecular complexity index is 1050. The molecule has 1 N–H and O–H groups in total. The Morgan fingerprint density at radius 1 is 1.07 bits per heavy atom. The second-order valence-corrected chi connectivity index (χ2v) is 7.74. The molecule has 1 aliphatic heterocycles. The number of amides is 1. The number of nitrogens with one attached hydrogen (secondary N) is 1. The highest BCUT2D eigenvalue weighted by Crippen LogP contribution is 2.28. The molecule has 154 valence electrons. The maximum absolute atomic E-state index is 12.9. The second-order valence-electron chi connectivity index (χ2n) is 7.74. The van der Waals surface area contributed by atoms with Crippen molar-refractivity contribution in [3.05, 3.63) is 59.5 Å². The van der Waals surface area contributed by atoms with Gasteiger partial charge in [0.2, 0.25) is 5.91 Å². The van der Waals surface area contributed by atoms with Gasteiger partial charge in [-0.15, -0.1) is 0 Å². The third-order valence-corrected chi connectivity index (χ3v) is 5.60. The number of aryl methyl sites for hydroxylation is 2. The van der Waals surface area contributed by atoms with Gasteiger partial charge in [0.1, 0.15) is 17.3 Å². The number of nitrogens with zero attached hydrogens (tertiary/aromatic N) is 5. The van der Waals surface area contributed by atoms with Gasteiger partial charge in [-0.05, 0) is 57.4 Å². The first-order valence-electron chi connectivity index (χ1n) is 10.3. The molecule has 3 aromatic rings. The summed E-state index contributed by atoms with van der Waals surface area (Å²) in [4.78, 5) is 33.3. The van der Waals surface area contributed by atoms with Crippen molar-refractivity contribution in [1.82, 2.24) is 19.9 Å². The minimum absolute atomic E-state index is 0.00915. The van der Waals surface area contributed by atoms with E-state index in [2.05, 4.69) is 25.2 Å². The summed E-state index contributed by atoms with van der Waals surface area (Å²) in [5.41, 5.74) is 3.67. The molecule has 0 aromatic carbocycles. The molecule has 30 heavy (non-hydrogen) atoms. The summed E-state index contributed by atoms with van der Waals surface area (Å²) < 4.78 is 0. The van der Waals surface area contributed by atoms with Gasteiger partial charge in [0.25, 0.3) is 0 Å². The van der Waals surface area contributed by atoms with Gasteiger partial charge in [-0.2, -0.15) is 0 Å². The summed E-state index contributed by atoms with van der Waals surface area (Å²) in [5.74, 6) is 2.02. The first-order valence-corrected chi connectivity index (χ1v) is 10.3. The number of hydrogen-bond acceptors (Lipinski definition) is 6. The normalized spacial score (nSPS) is 16.4. The number of carbonyl (C=O) groups excluding carboxylic acids is 1. The summed E-state index contributed by atoms with van der Waals surface area (Å²) in [6.45, 7) is 7.46. The summed E-state index contributed by atoms with van der Waals surface area (Å²) in [6, 6.07) is 9.54. The highest BCUT2D eigenvalue weighted by molar-refractivity contribution is 5.92. The average Bonchev–Trinajstić information content (AvgIpc) is 2.78. The predicted octanol–water partition coefficient (Wildman–Crippen LogP) is 3.71. The largest absolute Gasteiger partial charge is 0.355 e. The van der Waals surface area contributed by atoms with E-state index in [1.807, 2.05) is 51.1 Å². The fraction of sp³-hybridized carbons (Fsp3) is 0.348. The Labute approximate surface area is 176 Å². The quantitative estimate of drug-likeness (QED) is 0.716. The second kappa shape index (κ2) is 8.57. The third-order valence-electron chi connectivity index (χ3n) is 5.60. The molecule has 4 rings (SSSR count). The predicted molar refractivity (Wildman–Crippen MR) is 117 cm³/mol. The Kier molecular flexibility index (Phi) is 5.70. The number of rotatable bonds is 4. The van der Waals surface area contributed by atoms with Crippen molar-refractivity contribution in [3.8, 4) is 11.5 Å². The molecular formula is C23H26N6O. The van der Waals surface area contributed by atoms with Gasteiger partial charge in [0, 0.05) is 36.7 Å². The Balaban J connectivity index is 1.56. The van der Waals surface area contributed by atoms with Crippen LogP contribution in [0.1, 0.15) is 29.7 Å². The van der Waals surface area contributed by atoms with Crippen LogP contribution in [0.3, 0.4) is 0 Å². The van der Waals surface area contributed by atoms with Gasteiger partial charge in [-0.1, -0.05) is 12.1 Å². The summed E-state index contributed by atoms with van der Waals surface area (Å²) in [6.07, 6.45) is 5.22. The van der Waals surface area contributed by atoms with Gasteiger partial charge in [-0.25, -0.2) is 15.0 Å². The zero-order valence-electron chi connectivity index (χ0n) is 17.6. The Morgan fingerprint density at radius 2 is 1.90 bits per heavy atom. The van der Waals surface area contributed by atoms with E-state index in [0.29, 0.717) is 18.2 Å². The van der Waals surface area contributed by atoms with Crippen LogP contribution in [0.5, 0.6) is 0 Å². The molecule has 7 heteroatoms. The molecule has 0 aliphatic carbocycles. The first kappa shape index (κ1) is 19.9. The number of pyridine rings is 2. The van der Waals surface area contributed by atoms with Crippen molar-refractivity contribution in [3.63, 3.8) is 0 Å². The molecule has 1 saturated heterocycles. The number of piperidine rings is 1. The van der Waals surface area contributed by atoms with Crippen LogP contribution in [0, 0.1) is 26.7 Å². The van der Waals surface area contributed by atoms with Gasteiger partial charge < -0.3 is 10.2 Å². The Morgan fingerprint density at radius 3 is 2.67 bits per heavy atom. The highest BCUT2D eigenvalue weighted by Gasteiger charge is 2.28. The van der Waals surface area contributed by atoms with Gasteiger partial charge >= 0.3 is 0 Å². The maximum Gasteiger partial charge on any atom is 0.230 e. The number of aromatic nitrogens is 4. The van der Waals surface area contributed by atoms with E-state index in [9.17, 15) is 4.79 Å². The van der Waals surface area contributed by atoms with Crippen LogP contribution >= 0.6 is 0 Å². The molecule has 1 amide bonds. The lowest BCUT2D eigenvalue weighted by Crippen LogP contribution is -2.41. The van der Waals surface area contributed by atoms with Crippen LogP contribution in [0.2, 0.25) is 0 Å². The van der Waals surface area contributed by atoms with Crippen LogP contribution < -0.4 is 10.2 Å². The SMILES string of the molecule is Cc1cccnc1NC(=O)C1CCCN(c2nc(-c3ccccn3)nc(C)c2C)C1. The standard InChI is InChI=1S/C23H26N6O/c1-15-8-6-12-25-20(15)28-23(30)18-9-7-13-29(14-18)22-16(2)17(3)26-21(27-22)19-10-4-5-11-24-19/h4-6,8,10-12,18H,7,9,13-14H2,1-3H3,(H,25,28,30). The van der Waals surface area contributed by atoms with E-state index in [4.69, 9.17) is 4.98 Å². The number of anilines is 2. The molecule has 0 spiro atoms. The number of hydrogen-bond donors (Lipinski definition) is 1. The topological polar surface area (TPSA) is 83.9 Å². The van der Waals surface area contributed by atoms with E-state index >= 15 is 0 Å². The van der Waals surface area contributed by atoms with Crippen molar-refractivity contribution in [2.24, 2.45) is 5.92 Å². The summed E-state index contributed by atoms with van der Waals surface area (Å²) in [5, 5.41) is 3.00. The van der Waals surface area contributed by atoms with Crippen LogP contribution in [0.4, 0.5) is 11.6 Å². The molecule has 7 nitrogen and oxygen atoms in total. The number of carbonyl (C=O) groups is 1. The fourth-order valence-corrected chi connectivity index (χ4v) is 3.75. The monoisotopic (exact) mass is 402 g/mol. The molecule has 0 bridgehead atoms. The van der Waals surface area contributed by atoms with Crippen LogP contribution in [-0.4, -0.2) is 38.9 Å². The van der Waals surface area contributed by atoms with E-state index in [1.165, 1.54) is 0 Å². The van der Waals surface area contributed by atoms with Crippen molar-refractivity contribution in [2.75, 3.05) is 23.3 Å². The summed E-state index contributed by atoms with van der Waals surface area (Å²) in [7, 11) is 0. The molecular weight excluding hydrogens is 376 g/mol. The molecule has 1 aliphatic rings. The molecule has 0 saturated carbocycles. The van der Waals surface area contributed by atoms with E-state index in [-0.39, 0.29) is 11.8 Å². The Hall–Kier alpha value is -3.35. The summed E-state index contributed by atoms with van der Waals surface area (Å²) >= 11 is 0. The zero-order valence-corrected chi connectivity index (χ0v) is 17.6. The lowest BCUT2D eigenvalue weighted by atomic mass is 9.96. The van der Waals surface area contributed by atoms with E-state index < -0.39 is 0 Å². The first-order chi connectivity index (χ1) is 14.5. The van der Waals surface area contributed by atoms with Crippen molar-refractivity contribution >= 4 is 17.5 Å². The van der Waals surface area contributed by atoms with Crippen molar-refractivity contribution < 1.29 is 4.79 Å². The van der Waals surface area contributed by atoms with Gasteiger partial charge in [0.15, 0.2) is 5.82 Å². The molecule has 3 aromatic heterocycles. The molecule has 0 radical (unpaired) electrons. The van der Waals surface area contributed by atoms with Crippen LogP contribution in [0.25, 0.3) is 11.5 Å². The highest BCUT2D eigenvalue weighted by atomic mass is 16.2. The zero-order chi connectivity index (χ0) is 21.1. The lowest BCUT2D eigenvalue weighted by molar-refractivity contribution is -0.120. The van der Waals surface area contributed by atoms with Gasteiger partial charge in [0.05, 0.1) is 5.92 Å². The fourth-order valence-electron chi connectivity index (χ4n) is 3.75. The molecule has 1 fully saturated rings. The lowest BCUT2D eigenvalue weighted by Gasteiger charge is -2.34. The van der Waals surface area contributed by atoms with E-state index in [0.717, 1.165) is 47.7 Å². The maximum atomic E-state index is 12.9. The average molecular weight is 403 g/mol. The van der Waals surface area contributed by atoms with Crippen LogP contribution in [-0.2, 0) is 4.79 Å². The van der Waals surface area contributed by atoms with Crippen molar-refractivity contribution in [2.45, 2.75) is 33.6 Å². The third kappa shape index (κ3) is 4.15. The van der Waals surface area contributed by atoms with Gasteiger partial charge in [-0.3, -0.25) is 9.78 Å². The van der Waals surface area contributed by atoms with Crippen LogP contribution in [0.15, 0.2) is 42.7 Å². The van der Waals surface area contributed by atoms with Crippen molar-refractivity contribution in [1.29, 1.82) is 0 Å². The minimum Gasteiger partial charge on any atom is -0.355 e. The molecule has 1 unspecified atom stereocenters. The minimum atomic E-state index is -0.117. The molecule has 4 heterocycles.